The lowest BCUT2D eigenvalue weighted by atomic mass is 9.76. The third kappa shape index (κ3) is 2.49. The second-order valence-corrected chi connectivity index (χ2v) is 6.20. The number of thiophene rings is 1. The highest BCUT2D eigenvalue weighted by molar-refractivity contribution is 7.10. The molecule has 1 fully saturated rings. The van der Waals surface area contributed by atoms with E-state index in [0.717, 1.165) is 5.92 Å². The van der Waals surface area contributed by atoms with Crippen molar-refractivity contribution in [3.05, 3.63) is 21.9 Å². The van der Waals surface area contributed by atoms with Crippen LogP contribution in [0.5, 0.6) is 0 Å². The molecule has 1 N–H and O–H groups in total. The molecule has 1 heterocycles. The van der Waals surface area contributed by atoms with Crippen LogP contribution in [0, 0.1) is 18.8 Å². The molecule has 1 aliphatic carbocycles. The SMILES string of the molecule is CCC1CCCC(C(O)c2ccsc2C)C1. The Labute approximate surface area is 103 Å². The topological polar surface area (TPSA) is 20.2 Å². The predicted octanol–water partition coefficient (Wildman–Crippen LogP) is 4.31. The minimum atomic E-state index is -0.222. The van der Waals surface area contributed by atoms with Gasteiger partial charge in [-0.25, -0.2) is 0 Å². The molecule has 16 heavy (non-hydrogen) atoms. The van der Waals surface area contributed by atoms with E-state index in [1.807, 2.05) is 0 Å². The fraction of sp³-hybridized carbons (Fsp3) is 0.714. The minimum Gasteiger partial charge on any atom is -0.388 e. The second kappa shape index (κ2) is 5.33. The smallest absolute Gasteiger partial charge is 0.0828 e. The Balaban J connectivity index is 2.04. The zero-order chi connectivity index (χ0) is 11.5. The first-order valence-electron chi connectivity index (χ1n) is 6.44. The summed E-state index contributed by atoms with van der Waals surface area (Å²) in [4.78, 5) is 1.28. The van der Waals surface area contributed by atoms with Crippen LogP contribution in [0.25, 0.3) is 0 Å². The molecule has 0 aliphatic heterocycles. The number of aliphatic hydroxyl groups is 1. The van der Waals surface area contributed by atoms with E-state index < -0.39 is 0 Å². The Kier molecular flexibility index (Phi) is 4.04. The molecule has 2 heteroatoms. The molecule has 1 aromatic rings. The minimum absolute atomic E-state index is 0.222. The zero-order valence-electron chi connectivity index (χ0n) is 10.3. The summed E-state index contributed by atoms with van der Waals surface area (Å²) in [6.45, 7) is 4.39. The van der Waals surface area contributed by atoms with E-state index in [9.17, 15) is 5.11 Å². The first-order valence-corrected chi connectivity index (χ1v) is 7.32. The predicted molar refractivity (Wildman–Crippen MR) is 69.8 cm³/mol. The van der Waals surface area contributed by atoms with Crippen molar-refractivity contribution in [2.75, 3.05) is 0 Å². The summed E-state index contributed by atoms with van der Waals surface area (Å²) in [7, 11) is 0. The quantitative estimate of drug-likeness (QED) is 0.832. The molecule has 90 valence electrons. The van der Waals surface area contributed by atoms with Crippen molar-refractivity contribution in [1.29, 1.82) is 0 Å². The van der Waals surface area contributed by atoms with Crippen molar-refractivity contribution in [1.82, 2.24) is 0 Å². The molecule has 0 radical (unpaired) electrons. The van der Waals surface area contributed by atoms with Crippen LogP contribution < -0.4 is 0 Å². The number of hydrogen-bond acceptors (Lipinski definition) is 2. The van der Waals surface area contributed by atoms with E-state index in [0.29, 0.717) is 5.92 Å². The van der Waals surface area contributed by atoms with E-state index in [-0.39, 0.29) is 6.10 Å². The summed E-state index contributed by atoms with van der Waals surface area (Å²) in [6, 6.07) is 2.10. The Morgan fingerprint density at radius 2 is 2.31 bits per heavy atom. The van der Waals surface area contributed by atoms with Crippen molar-refractivity contribution in [3.8, 4) is 0 Å². The van der Waals surface area contributed by atoms with Crippen LogP contribution in [0.15, 0.2) is 11.4 Å². The highest BCUT2D eigenvalue weighted by Crippen LogP contribution is 2.39. The van der Waals surface area contributed by atoms with Crippen molar-refractivity contribution < 1.29 is 5.11 Å². The first-order chi connectivity index (χ1) is 7.72. The molecule has 0 bridgehead atoms. The highest BCUT2D eigenvalue weighted by atomic mass is 32.1. The molecule has 1 nitrogen and oxygen atoms in total. The van der Waals surface area contributed by atoms with Gasteiger partial charge in [0.05, 0.1) is 6.10 Å². The molecule has 3 unspecified atom stereocenters. The molecule has 0 spiro atoms. The fourth-order valence-electron chi connectivity index (χ4n) is 2.95. The van der Waals surface area contributed by atoms with Crippen LogP contribution >= 0.6 is 11.3 Å². The van der Waals surface area contributed by atoms with Gasteiger partial charge in [-0.2, -0.15) is 0 Å². The monoisotopic (exact) mass is 238 g/mol. The van der Waals surface area contributed by atoms with Crippen LogP contribution in [0.3, 0.4) is 0 Å². The van der Waals surface area contributed by atoms with Gasteiger partial charge in [-0.05, 0) is 48.6 Å². The molecule has 0 amide bonds. The summed E-state index contributed by atoms with van der Waals surface area (Å²) in [6.07, 6.45) is 6.12. The Morgan fingerprint density at radius 3 is 2.94 bits per heavy atom. The Hall–Kier alpha value is -0.340. The molecule has 1 saturated carbocycles. The average molecular weight is 238 g/mol. The number of rotatable bonds is 3. The van der Waals surface area contributed by atoms with E-state index in [4.69, 9.17) is 0 Å². The second-order valence-electron chi connectivity index (χ2n) is 5.08. The Bertz CT molecular complexity index is 331. The van der Waals surface area contributed by atoms with Crippen LogP contribution in [0.4, 0.5) is 0 Å². The van der Waals surface area contributed by atoms with Crippen LogP contribution in [0.2, 0.25) is 0 Å². The molecule has 0 saturated heterocycles. The molecular formula is C14H22OS. The summed E-state index contributed by atoms with van der Waals surface area (Å²) in [5.74, 6) is 1.33. The first kappa shape index (κ1) is 12.1. The molecule has 3 atom stereocenters. The van der Waals surface area contributed by atoms with E-state index in [1.165, 1.54) is 42.5 Å². The molecular weight excluding hydrogens is 216 g/mol. The third-order valence-electron chi connectivity index (χ3n) is 4.06. The molecule has 0 aromatic carbocycles. The van der Waals surface area contributed by atoms with Gasteiger partial charge < -0.3 is 5.11 Å². The standard InChI is InChI=1S/C14H22OS/c1-3-11-5-4-6-12(9-11)14(15)13-7-8-16-10(13)2/h7-8,11-12,14-15H,3-6,9H2,1-2H3. The average Bonchev–Trinajstić information content (AvgIpc) is 2.74. The summed E-state index contributed by atoms with van der Waals surface area (Å²) < 4.78 is 0. The normalized spacial score (nSPS) is 27.9. The molecule has 1 aliphatic rings. The van der Waals surface area contributed by atoms with Gasteiger partial charge in [0.15, 0.2) is 0 Å². The molecule has 1 aromatic heterocycles. The van der Waals surface area contributed by atoms with E-state index in [2.05, 4.69) is 25.3 Å². The number of hydrogen-bond donors (Lipinski definition) is 1. The van der Waals surface area contributed by atoms with Gasteiger partial charge in [0.2, 0.25) is 0 Å². The van der Waals surface area contributed by atoms with Gasteiger partial charge in [0, 0.05) is 4.88 Å². The van der Waals surface area contributed by atoms with Gasteiger partial charge in [0.1, 0.15) is 0 Å². The number of aryl methyl sites for hydroxylation is 1. The van der Waals surface area contributed by atoms with Gasteiger partial charge >= 0.3 is 0 Å². The van der Waals surface area contributed by atoms with Gasteiger partial charge in [-0.1, -0.05) is 26.2 Å². The maximum Gasteiger partial charge on any atom is 0.0828 e. The van der Waals surface area contributed by atoms with Gasteiger partial charge in [-0.15, -0.1) is 11.3 Å². The lowest BCUT2D eigenvalue weighted by Gasteiger charge is -2.31. The summed E-state index contributed by atoms with van der Waals surface area (Å²) >= 11 is 1.74. The van der Waals surface area contributed by atoms with Crippen molar-refractivity contribution >= 4 is 11.3 Å². The number of aliphatic hydroxyl groups excluding tert-OH is 1. The fourth-order valence-corrected chi connectivity index (χ4v) is 3.69. The summed E-state index contributed by atoms with van der Waals surface area (Å²) in [5, 5.41) is 12.5. The Morgan fingerprint density at radius 1 is 1.50 bits per heavy atom. The van der Waals surface area contributed by atoms with Gasteiger partial charge in [-0.3, -0.25) is 0 Å². The lowest BCUT2D eigenvalue weighted by Crippen LogP contribution is -2.21. The largest absolute Gasteiger partial charge is 0.388 e. The van der Waals surface area contributed by atoms with Crippen molar-refractivity contribution in [3.63, 3.8) is 0 Å². The lowest BCUT2D eigenvalue weighted by molar-refractivity contribution is 0.0677. The highest BCUT2D eigenvalue weighted by Gasteiger charge is 2.28. The van der Waals surface area contributed by atoms with Crippen molar-refractivity contribution in [2.45, 2.75) is 52.1 Å². The maximum absolute atomic E-state index is 10.4. The third-order valence-corrected chi connectivity index (χ3v) is 4.93. The van der Waals surface area contributed by atoms with Crippen LogP contribution in [-0.2, 0) is 0 Å². The van der Waals surface area contributed by atoms with Gasteiger partial charge in [0.25, 0.3) is 0 Å². The maximum atomic E-state index is 10.4. The van der Waals surface area contributed by atoms with Crippen molar-refractivity contribution in [2.24, 2.45) is 11.8 Å². The van der Waals surface area contributed by atoms with E-state index >= 15 is 0 Å². The van der Waals surface area contributed by atoms with Crippen LogP contribution in [0.1, 0.15) is 55.6 Å². The summed E-state index contributed by atoms with van der Waals surface area (Å²) in [5.41, 5.74) is 1.17. The van der Waals surface area contributed by atoms with Crippen LogP contribution in [-0.4, -0.2) is 5.11 Å². The molecule has 2 rings (SSSR count). The zero-order valence-corrected chi connectivity index (χ0v) is 11.1. The van der Waals surface area contributed by atoms with E-state index in [1.54, 1.807) is 11.3 Å².